The van der Waals surface area contributed by atoms with Crippen LogP contribution in [-0.4, -0.2) is 28.0 Å². The largest absolute Gasteiger partial charge is 0.380 e. The highest BCUT2D eigenvalue weighted by atomic mass is 79.9. The Morgan fingerprint density at radius 1 is 1.48 bits per heavy atom. The van der Waals surface area contributed by atoms with Crippen LogP contribution in [0.4, 0.5) is 5.69 Å². The van der Waals surface area contributed by atoms with Gasteiger partial charge in [-0.15, -0.1) is 0 Å². The molecule has 1 aromatic heterocycles. The molecule has 1 aliphatic rings. The molecule has 1 atom stereocenters. The molecule has 0 saturated carbocycles. The Morgan fingerprint density at radius 2 is 2.19 bits per heavy atom. The lowest BCUT2D eigenvalue weighted by Crippen LogP contribution is -2.44. The minimum Gasteiger partial charge on any atom is -0.380 e. The first-order chi connectivity index (χ1) is 10.0. The van der Waals surface area contributed by atoms with Gasteiger partial charge >= 0.3 is 0 Å². The Labute approximate surface area is 134 Å². The summed E-state index contributed by atoms with van der Waals surface area (Å²) in [6.45, 7) is 7.58. The van der Waals surface area contributed by atoms with Crippen LogP contribution in [0.5, 0.6) is 0 Å². The van der Waals surface area contributed by atoms with Gasteiger partial charge in [0.2, 0.25) is 0 Å². The van der Waals surface area contributed by atoms with Crippen LogP contribution in [0.15, 0.2) is 15.5 Å². The van der Waals surface area contributed by atoms with Crippen LogP contribution in [-0.2, 0) is 11.3 Å². The van der Waals surface area contributed by atoms with E-state index in [1.54, 1.807) is 6.20 Å². The number of anilines is 1. The average molecular weight is 358 g/mol. The average Bonchev–Trinajstić information content (AvgIpc) is 2.52. The van der Waals surface area contributed by atoms with Gasteiger partial charge in [-0.1, -0.05) is 13.8 Å². The fourth-order valence-corrected chi connectivity index (χ4v) is 3.33. The van der Waals surface area contributed by atoms with E-state index in [1.165, 1.54) is 4.68 Å². The van der Waals surface area contributed by atoms with Gasteiger partial charge in [0, 0.05) is 19.2 Å². The van der Waals surface area contributed by atoms with E-state index in [4.69, 9.17) is 4.74 Å². The lowest BCUT2D eigenvalue weighted by molar-refractivity contribution is -0.0864. The van der Waals surface area contributed by atoms with E-state index in [1.807, 2.05) is 6.92 Å². The summed E-state index contributed by atoms with van der Waals surface area (Å²) in [5.74, 6) is 0. The van der Waals surface area contributed by atoms with Crippen molar-refractivity contribution in [3.8, 4) is 0 Å². The Morgan fingerprint density at radius 3 is 2.81 bits per heavy atom. The van der Waals surface area contributed by atoms with Gasteiger partial charge in [-0.05, 0) is 48.5 Å². The SMILES string of the molecule is CCn1ncc(NC2CCOC(CC)(CC)C2)c(Br)c1=O. The van der Waals surface area contributed by atoms with E-state index in [0.29, 0.717) is 17.1 Å². The number of hydrogen-bond donors (Lipinski definition) is 1. The first-order valence-electron chi connectivity index (χ1n) is 7.71. The Hall–Kier alpha value is -0.880. The molecular formula is C15H24BrN3O2. The second-order valence-corrected chi connectivity index (χ2v) is 6.36. The summed E-state index contributed by atoms with van der Waals surface area (Å²) in [7, 11) is 0. The van der Waals surface area contributed by atoms with Crippen molar-refractivity contribution >= 4 is 21.6 Å². The number of nitrogens with zero attached hydrogens (tertiary/aromatic N) is 2. The molecular weight excluding hydrogens is 334 g/mol. The van der Waals surface area contributed by atoms with E-state index < -0.39 is 0 Å². The molecule has 6 heteroatoms. The molecule has 21 heavy (non-hydrogen) atoms. The number of hydrogen-bond acceptors (Lipinski definition) is 4. The Bertz CT molecular complexity index is 540. The van der Waals surface area contributed by atoms with Crippen LogP contribution in [0.3, 0.4) is 0 Å². The highest BCUT2D eigenvalue weighted by Gasteiger charge is 2.34. The second kappa shape index (κ2) is 6.92. The molecule has 0 amide bonds. The maximum atomic E-state index is 12.1. The molecule has 118 valence electrons. The third-order valence-corrected chi connectivity index (χ3v) is 5.19. The van der Waals surface area contributed by atoms with E-state index in [-0.39, 0.29) is 11.2 Å². The summed E-state index contributed by atoms with van der Waals surface area (Å²) in [4.78, 5) is 12.1. The van der Waals surface area contributed by atoms with Crippen molar-refractivity contribution in [2.45, 2.75) is 64.6 Å². The minimum absolute atomic E-state index is 0.0335. The predicted octanol–water partition coefficient (Wildman–Crippen LogP) is 3.18. The van der Waals surface area contributed by atoms with Crippen molar-refractivity contribution in [3.63, 3.8) is 0 Å². The summed E-state index contributed by atoms with van der Waals surface area (Å²) in [5.41, 5.74) is 0.651. The number of nitrogens with one attached hydrogen (secondary N) is 1. The van der Waals surface area contributed by atoms with Crippen LogP contribution in [0.2, 0.25) is 0 Å². The summed E-state index contributed by atoms with van der Waals surface area (Å²) in [6, 6.07) is 0.314. The van der Waals surface area contributed by atoms with Gasteiger partial charge in [-0.3, -0.25) is 4.79 Å². The molecule has 0 bridgehead atoms. The first-order valence-corrected chi connectivity index (χ1v) is 8.50. The summed E-state index contributed by atoms with van der Waals surface area (Å²) in [6.07, 6.45) is 5.66. The normalized spacial score (nSPS) is 21.2. The maximum Gasteiger partial charge on any atom is 0.283 e. The Balaban J connectivity index is 2.15. The standard InChI is InChI=1S/C15H24BrN3O2/c1-4-15(5-2)9-11(7-8-21-15)18-12-10-17-19(6-3)14(20)13(12)16/h10-11,18H,4-9H2,1-3H3. The first kappa shape index (κ1) is 16.5. The third kappa shape index (κ3) is 3.48. The quantitative estimate of drug-likeness (QED) is 0.879. The number of aryl methyl sites for hydroxylation is 1. The molecule has 1 saturated heterocycles. The van der Waals surface area contributed by atoms with Gasteiger partial charge in [0.1, 0.15) is 4.47 Å². The summed E-state index contributed by atoms with van der Waals surface area (Å²) in [5, 5.41) is 7.64. The zero-order chi connectivity index (χ0) is 15.5. The van der Waals surface area contributed by atoms with E-state index in [0.717, 1.165) is 38.0 Å². The van der Waals surface area contributed by atoms with E-state index in [2.05, 4.69) is 40.2 Å². The van der Waals surface area contributed by atoms with Crippen LogP contribution < -0.4 is 10.9 Å². The fraction of sp³-hybridized carbons (Fsp3) is 0.733. The molecule has 2 heterocycles. The zero-order valence-corrected chi connectivity index (χ0v) is 14.6. The zero-order valence-electron chi connectivity index (χ0n) is 13.0. The monoisotopic (exact) mass is 357 g/mol. The van der Waals surface area contributed by atoms with E-state index >= 15 is 0 Å². The van der Waals surface area contributed by atoms with Crippen molar-refractivity contribution in [2.24, 2.45) is 0 Å². The van der Waals surface area contributed by atoms with Crippen molar-refractivity contribution in [1.29, 1.82) is 0 Å². The Kier molecular flexibility index (Phi) is 5.43. The van der Waals surface area contributed by atoms with E-state index in [9.17, 15) is 4.79 Å². The maximum absolute atomic E-state index is 12.1. The topological polar surface area (TPSA) is 56.1 Å². The molecule has 1 aromatic rings. The van der Waals surface area contributed by atoms with Gasteiger partial charge in [0.15, 0.2) is 0 Å². The van der Waals surface area contributed by atoms with Gasteiger partial charge in [-0.25, -0.2) is 4.68 Å². The molecule has 0 aromatic carbocycles. The lowest BCUT2D eigenvalue weighted by Gasteiger charge is -2.40. The molecule has 1 N–H and O–H groups in total. The molecule has 2 rings (SSSR count). The molecule has 0 aliphatic carbocycles. The van der Waals surface area contributed by atoms with Gasteiger partial charge < -0.3 is 10.1 Å². The second-order valence-electron chi connectivity index (χ2n) is 5.57. The summed E-state index contributed by atoms with van der Waals surface area (Å²) < 4.78 is 7.99. The smallest absolute Gasteiger partial charge is 0.283 e. The highest BCUT2D eigenvalue weighted by molar-refractivity contribution is 9.10. The number of aromatic nitrogens is 2. The third-order valence-electron chi connectivity index (χ3n) is 4.43. The lowest BCUT2D eigenvalue weighted by atomic mass is 9.86. The number of ether oxygens (including phenoxy) is 1. The van der Waals surface area contributed by atoms with Gasteiger partial charge in [0.05, 0.1) is 17.5 Å². The number of halogens is 1. The van der Waals surface area contributed by atoms with Crippen molar-refractivity contribution in [1.82, 2.24) is 9.78 Å². The summed E-state index contributed by atoms with van der Waals surface area (Å²) >= 11 is 3.39. The van der Waals surface area contributed by atoms with Gasteiger partial charge in [-0.2, -0.15) is 5.10 Å². The van der Waals surface area contributed by atoms with Crippen LogP contribution in [0, 0.1) is 0 Å². The molecule has 0 radical (unpaired) electrons. The van der Waals surface area contributed by atoms with Crippen LogP contribution >= 0.6 is 15.9 Å². The van der Waals surface area contributed by atoms with Crippen molar-refractivity contribution < 1.29 is 4.74 Å². The fourth-order valence-electron chi connectivity index (χ4n) is 2.90. The molecule has 1 fully saturated rings. The molecule has 1 unspecified atom stereocenters. The molecule has 0 spiro atoms. The number of rotatable bonds is 5. The van der Waals surface area contributed by atoms with Crippen molar-refractivity contribution in [2.75, 3.05) is 11.9 Å². The minimum atomic E-state index is -0.0909. The predicted molar refractivity (Wildman–Crippen MR) is 87.8 cm³/mol. The molecule has 1 aliphatic heterocycles. The van der Waals surface area contributed by atoms with Crippen molar-refractivity contribution in [3.05, 3.63) is 21.0 Å². The van der Waals surface area contributed by atoms with Gasteiger partial charge in [0.25, 0.3) is 5.56 Å². The highest BCUT2D eigenvalue weighted by Crippen LogP contribution is 2.33. The van der Waals surface area contributed by atoms with Crippen LogP contribution in [0.25, 0.3) is 0 Å². The van der Waals surface area contributed by atoms with Crippen LogP contribution in [0.1, 0.15) is 46.5 Å². The molecule has 5 nitrogen and oxygen atoms in total.